The summed E-state index contributed by atoms with van der Waals surface area (Å²) in [5.41, 5.74) is -0.333. The standard InChI is InChI=1S/C19H13BrF4N6O/c1-10-5-14(19(22,23)24)30-17(26-10)15(20)16(28-30)18(31)27-13-7-25-29(9-13)8-11-3-2-4-12(21)6-11/h2-7,9H,8H2,1H3,(H,27,31). The molecule has 0 aliphatic rings. The lowest BCUT2D eigenvalue weighted by atomic mass is 10.2. The van der Waals surface area contributed by atoms with Gasteiger partial charge in [-0.15, -0.1) is 0 Å². The quantitative estimate of drug-likeness (QED) is 0.423. The van der Waals surface area contributed by atoms with Crippen molar-refractivity contribution in [2.45, 2.75) is 19.6 Å². The zero-order valence-electron chi connectivity index (χ0n) is 15.8. The van der Waals surface area contributed by atoms with E-state index in [1.165, 1.54) is 36.1 Å². The van der Waals surface area contributed by atoms with Crippen LogP contribution in [0.2, 0.25) is 0 Å². The monoisotopic (exact) mass is 496 g/mol. The van der Waals surface area contributed by atoms with E-state index in [0.717, 1.165) is 6.07 Å². The number of hydrogen-bond acceptors (Lipinski definition) is 4. The number of carbonyl (C=O) groups excluding carboxylic acids is 1. The number of amides is 1. The van der Waals surface area contributed by atoms with Crippen LogP contribution in [0.4, 0.5) is 23.2 Å². The van der Waals surface area contributed by atoms with Gasteiger partial charge >= 0.3 is 6.18 Å². The molecular formula is C19H13BrF4N6O. The van der Waals surface area contributed by atoms with E-state index >= 15 is 0 Å². The minimum atomic E-state index is -4.68. The van der Waals surface area contributed by atoms with Gasteiger partial charge in [0.25, 0.3) is 5.91 Å². The second-order valence-corrected chi connectivity index (χ2v) is 7.48. The largest absolute Gasteiger partial charge is 0.433 e. The van der Waals surface area contributed by atoms with Crippen LogP contribution in [0.5, 0.6) is 0 Å². The van der Waals surface area contributed by atoms with Gasteiger partial charge in [0.05, 0.1) is 22.9 Å². The van der Waals surface area contributed by atoms with Gasteiger partial charge in [0.15, 0.2) is 11.3 Å². The van der Waals surface area contributed by atoms with Crippen molar-refractivity contribution in [3.05, 3.63) is 75.7 Å². The van der Waals surface area contributed by atoms with Crippen LogP contribution in [-0.4, -0.2) is 30.3 Å². The topological polar surface area (TPSA) is 77.1 Å². The molecular weight excluding hydrogens is 484 g/mol. The highest BCUT2D eigenvalue weighted by Crippen LogP contribution is 2.32. The molecule has 0 radical (unpaired) electrons. The van der Waals surface area contributed by atoms with Crippen molar-refractivity contribution < 1.29 is 22.4 Å². The average Bonchev–Trinajstić information content (AvgIpc) is 3.25. The molecule has 4 rings (SSSR count). The van der Waals surface area contributed by atoms with E-state index in [1.807, 2.05) is 0 Å². The Morgan fingerprint density at radius 1 is 1.26 bits per heavy atom. The molecule has 0 bridgehead atoms. The lowest BCUT2D eigenvalue weighted by Gasteiger charge is -2.09. The number of halogens is 5. The zero-order chi connectivity index (χ0) is 22.3. The summed E-state index contributed by atoms with van der Waals surface area (Å²) in [5.74, 6) is -1.12. The van der Waals surface area contributed by atoms with Crippen molar-refractivity contribution in [1.29, 1.82) is 0 Å². The van der Waals surface area contributed by atoms with Crippen molar-refractivity contribution in [2.75, 3.05) is 5.32 Å². The maximum Gasteiger partial charge on any atom is 0.433 e. The number of aromatic nitrogens is 5. The maximum absolute atomic E-state index is 13.4. The molecule has 1 aromatic carbocycles. The third-order valence-electron chi connectivity index (χ3n) is 4.29. The Morgan fingerprint density at radius 3 is 2.74 bits per heavy atom. The third-order valence-corrected chi connectivity index (χ3v) is 5.02. The molecule has 0 saturated carbocycles. The van der Waals surface area contributed by atoms with Gasteiger partial charge in [0, 0.05) is 11.9 Å². The number of aryl methyl sites for hydroxylation is 1. The van der Waals surface area contributed by atoms with Crippen LogP contribution < -0.4 is 5.32 Å². The molecule has 0 aliphatic carbocycles. The first-order chi connectivity index (χ1) is 14.6. The smallest absolute Gasteiger partial charge is 0.318 e. The number of nitrogens with zero attached hydrogens (tertiary/aromatic N) is 5. The lowest BCUT2D eigenvalue weighted by Crippen LogP contribution is -2.15. The van der Waals surface area contributed by atoms with Crippen LogP contribution in [0.1, 0.15) is 27.4 Å². The molecule has 0 spiro atoms. The highest BCUT2D eigenvalue weighted by atomic mass is 79.9. The van der Waals surface area contributed by atoms with E-state index in [-0.39, 0.29) is 33.9 Å². The SMILES string of the molecule is Cc1cc(C(F)(F)F)n2nc(C(=O)Nc3cnn(Cc4cccc(F)c4)c3)c(Br)c2n1. The summed E-state index contributed by atoms with van der Waals surface area (Å²) in [6.07, 6.45) is -1.80. The van der Waals surface area contributed by atoms with E-state index in [0.29, 0.717) is 15.8 Å². The number of hydrogen-bond donors (Lipinski definition) is 1. The normalized spacial score (nSPS) is 11.8. The van der Waals surface area contributed by atoms with Gasteiger partial charge in [0.2, 0.25) is 0 Å². The highest BCUT2D eigenvalue weighted by molar-refractivity contribution is 9.10. The van der Waals surface area contributed by atoms with Crippen molar-refractivity contribution in [3.8, 4) is 0 Å². The summed E-state index contributed by atoms with van der Waals surface area (Å²) in [6.45, 7) is 1.69. The molecule has 3 aromatic heterocycles. The Kier molecular flexibility index (Phi) is 5.25. The van der Waals surface area contributed by atoms with E-state index in [1.54, 1.807) is 12.1 Å². The Morgan fingerprint density at radius 2 is 2.03 bits per heavy atom. The number of nitrogens with one attached hydrogen (secondary N) is 1. The predicted octanol–water partition coefficient (Wildman–Crippen LogP) is 4.46. The molecule has 1 amide bonds. The van der Waals surface area contributed by atoms with E-state index < -0.39 is 17.8 Å². The molecule has 0 saturated heterocycles. The van der Waals surface area contributed by atoms with Gasteiger partial charge in [-0.05, 0) is 46.6 Å². The lowest BCUT2D eigenvalue weighted by molar-refractivity contribution is -0.142. The third kappa shape index (κ3) is 4.29. The number of benzene rings is 1. The Hall–Kier alpha value is -3.28. The van der Waals surface area contributed by atoms with Gasteiger partial charge in [-0.2, -0.15) is 23.4 Å². The summed E-state index contributed by atoms with van der Waals surface area (Å²) < 4.78 is 55.5. The van der Waals surface area contributed by atoms with Gasteiger partial charge < -0.3 is 5.32 Å². The Bertz CT molecular complexity index is 1300. The number of rotatable bonds is 4. The predicted molar refractivity (Wildman–Crippen MR) is 106 cm³/mol. The number of fused-ring (bicyclic) bond motifs is 1. The molecule has 0 aliphatic heterocycles. The minimum Gasteiger partial charge on any atom is -0.318 e. The first-order valence-electron chi connectivity index (χ1n) is 8.83. The first-order valence-corrected chi connectivity index (χ1v) is 9.62. The molecule has 31 heavy (non-hydrogen) atoms. The van der Waals surface area contributed by atoms with Crippen molar-refractivity contribution in [2.24, 2.45) is 0 Å². The van der Waals surface area contributed by atoms with Gasteiger partial charge in [-0.3, -0.25) is 9.48 Å². The Labute approximate surface area is 180 Å². The first kappa shape index (κ1) is 21.0. The van der Waals surface area contributed by atoms with Crippen molar-refractivity contribution in [3.63, 3.8) is 0 Å². The van der Waals surface area contributed by atoms with Gasteiger partial charge in [-0.1, -0.05) is 12.1 Å². The fourth-order valence-electron chi connectivity index (χ4n) is 2.99. The summed E-state index contributed by atoms with van der Waals surface area (Å²) >= 11 is 3.13. The van der Waals surface area contributed by atoms with Gasteiger partial charge in [0.1, 0.15) is 11.5 Å². The van der Waals surface area contributed by atoms with E-state index in [4.69, 9.17) is 0 Å². The van der Waals surface area contributed by atoms with E-state index in [9.17, 15) is 22.4 Å². The average molecular weight is 497 g/mol. The molecule has 0 atom stereocenters. The van der Waals surface area contributed by atoms with Crippen LogP contribution in [0, 0.1) is 12.7 Å². The number of carbonyl (C=O) groups is 1. The van der Waals surface area contributed by atoms with Crippen molar-refractivity contribution in [1.82, 2.24) is 24.4 Å². The fraction of sp³-hybridized carbons (Fsp3) is 0.158. The van der Waals surface area contributed by atoms with E-state index in [2.05, 4.69) is 36.4 Å². The molecule has 7 nitrogen and oxygen atoms in total. The molecule has 3 heterocycles. The Balaban J connectivity index is 1.59. The van der Waals surface area contributed by atoms with Crippen LogP contribution in [0.3, 0.4) is 0 Å². The zero-order valence-corrected chi connectivity index (χ0v) is 17.4. The number of alkyl halides is 3. The maximum atomic E-state index is 13.4. The van der Waals surface area contributed by atoms with Crippen LogP contribution >= 0.6 is 15.9 Å². The second kappa shape index (κ2) is 7.76. The fourth-order valence-corrected chi connectivity index (χ4v) is 3.50. The molecule has 160 valence electrons. The summed E-state index contributed by atoms with van der Waals surface area (Å²) in [6, 6.07) is 6.84. The summed E-state index contributed by atoms with van der Waals surface area (Å²) in [7, 11) is 0. The molecule has 0 unspecified atom stereocenters. The number of anilines is 1. The second-order valence-electron chi connectivity index (χ2n) is 6.69. The summed E-state index contributed by atoms with van der Waals surface area (Å²) in [5, 5.41) is 10.4. The molecule has 0 fully saturated rings. The molecule has 4 aromatic rings. The molecule has 1 N–H and O–H groups in total. The van der Waals surface area contributed by atoms with Crippen LogP contribution in [-0.2, 0) is 12.7 Å². The minimum absolute atomic E-state index is 0.0337. The summed E-state index contributed by atoms with van der Waals surface area (Å²) in [4.78, 5) is 16.7. The van der Waals surface area contributed by atoms with Crippen LogP contribution in [0.15, 0.2) is 47.2 Å². The highest BCUT2D eigenvalue weighted by Gasteiger charge is 2.36. The van der Waals surface area contributed by atoms with Crippen LogP contribution in [0.25, 0.3) is 5.65 Å². The van der Waals surface area contributed by atoms with Crippen molar-refractivity contribution >= 4 is 33.2 Å². The molecule has 12 heteroatoms. The van der Waals surface area contributed by atoms with Gasteiger partial charge in [-0.25, -0.2) is 13.9 Å².